The van der Waals surface area contributed by atoms with Crippen LogP contribution in [-0.4, -0.2) is 32.4 Å². The number of halogens is 3. The highest BCUT2D eigenvalue weighted by molar-refractivity contribution is 7.87. The second kappa shape index (κ2) is 10.7. The Hall–Kier alpha value is -3.53. The maximum absolute atomic E-state index is 13.4. The minimum absolute atomic E-state index is 0.00345. The SMILES string of the molecule is COc1ccc(CN(C(=O)[C@H]2C[C@H]2c2ccccc2)C(C)C)cc1OS(=O)(=O)c1cccc(C(F)(F)F)c1. The average Bonchev–Trinajstić information content (AvgIpc) is 3.68. The molecule has 1 aliphatic carbocycles. The lowest BCUT2D eigenvalue weighted by molar-refractivity contribution is -0.138. The minimum Gasteiger partial charge on any atom is -0.493 e. The highest BCUT2D eigenvalue weighted by Crippen LogP contribution is 2.48. The van der Waals surface area contributed by atoms with Gasteiger partial charge in [-0.2, -0.15) is 21.6 Å². The van der Waals surface area contributed by atoms with Crippen LogP contribution in [0.1, 0.15) is 42.9 Å². The van der Waals surface area contributed by atoms with Crippen molar-refractivity contribution in [1.82, 2.24) is 4.90 Å². The number of methoxy groups -OCH3 is 1. The van der Waals surface area contributed by atoms with E-state index >= 15 is 0 Å². The van der Waals surface area contributed by atoms with E-state index in [9.17, 15) is 26.4 Å². The standard InChI is InChI=1S/C28H28F3NO5S/c1-18(2)32(27(33)24-16-23(24)20-8-5-4-6-9-20)17-19-12-13-25(36-3)26(14-19)37-38(34,35)22-11-7-10-21(15-22)28(29,30)31/h4-15,18,23-24H,16-17H2,1-3H3/t23-,24-/m0/s1. The van der Waals surface area contributed by atoms with Crippen molar-refractivity contribution in [2.24, 2.45) is 5.92 Å². The number of hydrogen-bond acceptors (Lipinski definition) is 5. The molecule has 1 aliphatic rings. The van der Waals surface area contributed by atoms with Gasteiger partial charge in [0.15, 0.2) is 11.5 Å². The second-order valence-corrected chi connectivity index (χ2v) is 11.0. The van der Waals surface area contributed by atoms with Crippen molar-refractivity contribution in [2.75, 3.05) is 7.11 Å². The van der Waals surface area contributed by atoms with Crippen LogP contribution >= 0.6 is 0 Å². The number of benzene rings is 3. The normalized spacial score (nSPS) is 17.2. The summed E-state index contributed by atoms with van der Waals surface area (Å²) in [6, 6.07) is 17.6. The van der Waals surface area contributed by atoms with Gasteiger partial charge < -0.3 is 13.8 Å². The minimum atomic E-state index is -4.71. The molecule has 0 N–H and O–H groups in total. The Labute approximate surface area is 220 Å². The Morgan fingerprint density at radius 1 is 1.00 bits per heavy atom. The Morgan fingerprint density at radius 2 is 1.71 bits per heavy atom. The molecule has 0 bridgehead atoms. The molecule has 0 aromatic heterocycles. The van der Waals surface area contributed by atoms with Crippen LogP contribution in [0.25, 0.3) is 0 Å². The molecule has 1 fully saturated rings. The molecule has 2 atom stereocenters. The number of ether oxygens (including phenoxy) is 1. The third-order valence-corrected chi connectivity index (χ3v) is 7.70. The van der Waals surface area contributed by atoms with E-state index in [1.165, 1.54) is 19.2 Å². The van der Waals surface area contributed by atoms with Crippen molar-refractivity contribution in [1.29, 1.82) is 0 Å². The smallest absolute Gasteiger partial charge is 0.416 e. The Bertz CT molecular complexity index is 1410. The molecule has 202 valence electrons. The van der Waals surface area contributed by atoms with E-state index in [0.717, 1.165) is 30.2 Å². The molecule has 0 unspecified atom stereocenters. The molecule has 10 heteroatoms. The van der Waals surface area contributed by atoms with Gasteiger partial charge >= 0.3 is 16.3 Å². The van der Waals surface area contributed by atoms with Crippen molar-refractivity contribution < 1.29 is 35.3 Å². The molecule has 6 nitrogen and oxygen atoms in total. The molecule has 3 aromatic carbocycles. The van der Waals surface area contributed by atoms with Gasteiger partial charge in [0.05, 0.1) is 12.7 Å². The zero-order chi connectivity index (χ0) is 27.7. The maximum Gasteiger partial charge on any atom is 0.416 e. The number of rotatable bonds is 9. The topological polar surface area (TPSA) is 72.9 Å². The number of nitrogens with zero attached hydrogens (tertiary/aromatic N) is 1. The summed E-state index contributed by atoms with van der Waals surface area (Å²) in [7, 11) is -3.29. The van der Waals surface area contributed by atoms with Crippen LogP contribution in [0.15, 0.2) is 77.7 Å². The Morgan fingerprint density at radius 3 is 2.34 bits per heavy atom. The fourth-order valence-corrected chi connectivity index (χ4v) is 5.32. The summed E-state index contributed by atoms with van der Waals surface area (Å²) in [6.07, 6.45) is -3.95. The highest BCUT2D eigenvalue weighted by atomic mass is 32.2. The summed E-state index contributed by atoms with van der Waals surface area (Å²) in [4.78, 5) is 14.4. The molecular weight excluding hydrogens is 519 g/mol. The highest BCUT2D eigenvalue weighted by Gasteiger charge is 2.46. The van der Waals surface area contributed by atoms with Crippen LogP contribution in [0.3, 0.4) is 0 Å². The van der Waals surface area contributed by atoms with Gasteiger partial charge in [0.25, 0.3) is 0 Å². The van der Waals surface area contributed by atoms with Crippen LogP contribution in [0.2, 0.25) is 0 Å². The fraction of sp³-hybridized carbons (Fsp3) is 0.321. The average molecular weight is 548 g/mol. The van der Waals surface area contributed by atoms with Gasteiger partial charge in [0, 0.05) is 18.5 Å². The lowest BCUT2D eigenvalue weighted by Crippen LogP contribution is -2.37. The van der Waals surface area contributed by atoms with Crippen LogP contribution < -0.4 is 8.92 Å². The molecule has 1 saturated carbocycles. The van der Waals surface area contributed by atoms with Crippen molar-refractivity contribution in [3.05, 3.63) is 89.5 Å². The van der Waals surface area contributed by atoms with E-state index in [2.05, 4.69) is 0 Å². The van der Waals surface area contributed by atoms with E-state index in [4.69, 9.17) is 8.92 Å². The predicted molar refractivity (Wildman–Crippen MR) is 135 cm³/mol. The molecule has 0 radical (unpaired) electrons. The number of carbonyl (C=O) groups is 1. The summed E-state index contributed by atoms with van der Waals surface area (Å²) in [6.45, 7) is 3.99. The van der Waals surface area contributed by atoms with Crippen molar-refractivity contribution in [3.8, 4) is 11.5 Å². The quantitative estimate of drug-likeness (QED) is 0.306. The molecule has 38 heavy (non-hydrogen) atoms. The van der Waals surface area contributed by atoms with Crippen molar-refractivity contribution in [2.45, 2.75) is 49.8 Å². The number of carbonyl (C=O) groups excluding carboxylic acids is 1. The Kier molecular flexibility index (Phi) is 7.73. The zero-order valence-corrected chi connectivity index (χ0v) is 21.9. The van der Waals surface area contributed by atoms with E-state index in [1.807, 2.05) is 44.2 Å². The van der Waals surface area contributed by atoms with Crippen LogP contribution in [0.4, 0.5) is 13.2 Å². The van der Waals surface area contributed by atoms with Gasteiger partial charge in [-0.25, -0.2) is 0 Å². The fourth-order valence-electron chi connectivity index (χ4n) is 4.34. The first-order valence-electron chi connectivity index (χ1n) is 12.0. The number of hydrogen-bond donors (Lipinski definition) is 0. The van der Waals surface area contributed by atoms with Gasteiger partial charge in [-0.1, -0.05) is 42.5 Å². The first-order chi connectivity index (χ1) is 17.9. The third-order valence-electron chi connectivity index (χ3n) is 6.47. The van der Waals surface area contributed by atoms with E-state index < -0.39 is 26.8 Å². The molecule has 1 amide bonds. The summed E-state index contributed by atoms with van der Waals surface area (Å²) >= 11 is 0. The molecule has 0 saturated heterocycles. The van der Waals surface area contributed by atoms with Gasteiger partial charge in [0.2, 0.25) is 5.91 Å². The monoisotopic (exact) mass is 547 g/mol. The maximum atomic E-state index is 13.4. The van der Waals surface area contributed by atoms with E-state index in [1.54, 1.807) is 11.0 Å². The van der Waals surface area contributed by atoms with Crippen molar-refractivity contribution in [3.63, 3.8) is 0 Å². The zero-order valence-electron chi connectivity index (χ0n) is 21.1. The lowest BCUT2D eigenvalue weighted by atomic mass is 10.1. The molecule has 0 heterocycles. The number of alkyl halides is 3. The second-order valence-electron chi connectivity index (χ2n) is 9.47. The summed E-state index contributed by atoms with van der Waals surface area (Å²) in [5.41, 5.74) is 0.594. The van der Waals surface area contributed by atoms with Gasteiger partial charge in [-0.3, -0.25) is 4.79 Å². The molecule has 3 aromatic rings. The van der Waals surface area contributed by atoms with Gasteiger partial charge in [0.1, 0.15) is 4.90 Å². The van der Waals surface area contributed by atoms with Crippen LogP contribution in [-0.2, 0) is 27.6 Å². The summed E-state index contributed by atoms with van der Waals surface area (Å²) in [5, 5.41) is 0. The first-order valence-corrected chi connectivity index (χ1v) is 13.5. The van der Waals surface area contributed by atoms with Gasteiger partial charge in [-0.05, 0) is 67.6 Å². The molecule has 0 spiro atoms. The number of amides is 1. The molecule has 0 aliphatic heterocycles. The third kappa shape index (κ3) is 6.12. The first kappa shape index (κ1) is 27.5. The largest absolute Gasteiger partial charge is 0.493 e. The van der Waals surface area contributed by atoms with Gasteiger partial charge in [-0.15, -0.1) is 0 Å². The lowest BCUT2D eigenvalue weighted by Gasteiger charge is -2.27. The molecular formula is C28H28F3NO5S. The van der Waals surface area contributed by atoms with Crippen molar-refractivity contribution >= 4 is 16.0 Å². The predicted octanol–water partition coefficient (Wildman–Crippen LogP) is 6.02. The van der Waals surface area contributed by atoms with Crippen LogP contribution in [0.5, 0.6) is 11.5 Å². The van der Waals surface area contributed by atoms with Crippen LogP contribution in [0, 0.1) is 5.92 Å². The molecule has 4 rings (SSSR count). The van der Waals surface area contributed by atoms with E-state index in [-0.39, 0.29) is 41.8 Å². The Balaban J connectivity index is 1.55. The summed E-state index contributed by atoms with van der Waals surface area (Å²) in [5.74, 6) is -0.0682. The summed E-state index contributed by atoms with van der Waals surface area (Å²) < 4.78 is 75.5. The van der Waals surface area contributed by atoms with E-state index in [0.29, 0.717) is 11.6 Å².